The second-order valence-corrected chi connectivity index (χ2v) is 5.92. The summed E-state index contributed by atoms with van der Waals surface area (Å²) in [6.45, 7) is 5.62. The molecular weight excluding hydrogens is 258 g/mol. The highest BCUT2D eigenvalue weighted by atomic mass is 16.5. The molecule has 120 valence electrons. The molecule has 1 aromatic rings. The second-order valence-electron chi connectivity index (χ2n) is 5.92. The van der Waals surface area contributed by atoms with Crippen LogP contribution in [0.1, 0.15) is 76.8 Å². The summed E-state index contributed by atoms with van der Waals surface area (Å²) >= 11 is 0. The summed E-state index contributed by atoms with van der Waals surface area (Å²) in [6.07, 6.45) is 11.0. The van der Waals surface area contributed by atoms with Crippen molar-refractivity contribution in [2.75, 3.05) is 13.7 Å². The highest BCUT2D eigenvalue weighted by molar-refractivity contribution is 5.28. The van der Waals surface area contributed by atoms with Gasteiger partial charge in [0, 0.05) is 6.04 Å². The quantitative estimate of drug-likeness (QED) is 0.514. The van der Waals surface area contributed by atoms with Crippen LogP contribution >= 0.6 is 0 Å². The van der Waals surface area contributed by atoms with Crippen molar-refractivity contribution < 1.29 is 4.74 Å². The first kappa shape index (κ1) is 18.0. The molecule has 1 atom stereocenters. The molecule has 0 saturated carbocycles. The Labute approximate surface area is 131 Å². The third-order valence-electron chi connectivity index (χ3n) is 4.10. The molecule has 0 aliphatic carbocycles. The maximum Gasteiger partial charge on any atom is 0.118 e. The van der Waals surface area contributed by atoms with Crippen LogP contribution in [0.25, 0.3) is 0 Å². The van der Waals surface area contributed by atoms with E-state index in [0.717, 1.165) is 12.3 Å². The number of methoxy groups -OCH3 is 1. The van der Waals surface area contributed by atoms with E-state index in [2.05, 4.69) is 31.3 Å². The molecule has 0 heterocycles. The molecule has 2 nitrogen and oxygen atoms in total. The fraction of sp³-hybridized carbons (Fsp3) is 0.684. The molecule has 0 fully saturated rings. The lowest BCUT2D eigenvalue weighted by Crippen LogP contribution is -2.19. The van der Waals surface area contributed by atoms with Gasteiger partial charge < -0.3 is 10.1 Å². The molecule has 0 aromatic heterocycles. The van der Waals surface area contributed by atoms with E-state index in [1.54, 1.807) is 7.11 Å². The monoisotopic (exact) mass is 291 g/mol. The molecule has 1 aromatic carbocycles. The van der Waals surface area contributed by atoms with Gasteiger partial charge in [0.1, 0.15) is 5.75 Å². The van der Waals surface area contributed by atoms with Gasteiger partial charge in [-0.1, -0.05) is 64.0 Å². The summed E-state index contributed by atoms with van der Waals surface area (Å²) in [5, 5.41) is 3.61. The van der Waals surface area contributed by atoms with E-state index in [-0.39, 0.29) is 0 Å². The van der Waals surface area contributed by atoms with Gasteiger partial charge in [0.05, 0.1) is 7.11 Å². The van der Waals surface area contributed by atoms with E-state index in [9.17, 15) is 0 Å². The Kier molecular flexibility index (Phi) is 9.98. The van der Waals surface area contributed by atoms with Gasteiger partial charge in [-0.05, 0) is 37.6 Å². The molecule has 21 heavy (non-hydrogen) atoms. The average Bonchev–Trinajstić information content (AvgIpc) is 2.53. The SMILES string of the molecule is CCCCCCCCCCN[C@@H](C)c1ccc(OC)cc1. The number of rotatable bonds is 12. The van der Waals surface area contributed by atoms with Gasteiger partial charge in [0.15, 0.2) is 0 Å². The second kappa shape index (κ2) is 11.6. The topological polar surface area (TPSA) is 21.3 Å². The summed E-state index contributed by atoms with van der Waals surface area (Å²) in [6, 6.07) is 8.77. The van der Waals surface area contributed by atoms with Crippen molar-refractivity contribution in [2.24, 2.45) is 0 Å². The molecule has 0 bridgehead atoms. The van der Waals surface area contributed by atoms with Crippen LogP contribution in [0.4, 0.5) is 0 Å². The lowest BCUT2D eigenvalue weighted by molar-refractivity contribution is 0.414. The van der Waals surface area contributed by atoms with E-state index in [4.69, 9.17) is 4.74 Å². The molecule has 0 spiro atoms. The molecule has 0 unspecified atom stereocenters. The molecule has 0 amide bonds. The number of ether oxygens (including phenoxy) is 1. The largest absolute Gasteiger partial charge is 0.497 e. The number of hydrogen-bond acceptors (Lipinski definition) is 2. The maximum atomic E-state index is 5.19. The number of hydrogen-bond donors (Lipinski definition) is 1. The highest BCUT2D eigenvalue weighted by Crippen LogP contribution is 2.17. The van der Waals surface area contributed by atoms with E-state index >= 15 is 0 Å². The van der Waals surface area contributed by atoms with Gasteiger partial charge in [-0.3, -0.25) is 0 Å². The zero-order valence-corrected chi connectivity index (χ0v) is 14.2. The van der Waals surface area contributed by atoms with Gasteiger partial charge >= 0.3 is 0 Å². The molecule has 2 heteroatoms. The van der Waals surface area contributed by atoms with Crippen LogP contribution in [0.15, 0.2) is 24.3 Å². The Bertz CT molecular complexity index is 347. The first-order valence-electron chi connectivity index (χ1n) is 8.65. The Morgan fingerprint density at radius 2 is 1.48 bits per heavy atom. The smallest absolute Gasteiger partial charge is 0.118 e. The fourth-order valence-electron chi connectivity index (χ4n) is 2.59. The minimum Gasteiger partial charge on any atom is -0.497 e. The summed E-state index contributed by atoms with van der Waals surface area (Å²) in [4.78, 5) is 0. The van der Waals surface area contributed by atoms with Crippen LogP contribution in [0.3, 0.4) is 0 Å². The summed E-state index contributed by atoms with van der Waals surface area (Å²) in [7, 11) is 1.71. The number of benzene rings is 1. The lowest BCUT2D eigenvalue weighted by Gasteiger charge is -2.14. The normalized spacial score (nSPS) is 12.3. The average molecular weight is 291 g/mol. The third-order valence-corrected chi connectivity index (χ3v) is 4.10. The minimum atomic E-state index is 0.417. The molecule has 1 rings (SSSR count). The minimum absolute atomic E-state index is 0.417. The van der Waals surface area contributed by atoms with E-state index in [1.807, 2.05) is 12.1 Å². The van der Waals surface area contributed by atoms with Gasteiger partial charge in [-0.2, -0.15) is 0 Å². The van der Waals surface area contributed by atoms with Crippen LogP contribution in [0.5, 0.6) is 5.75 Å². The predicted molar refractivity (Wildman–Crippen MR) is 92.0 cm³/mol. The number of unbranched alkanes of at least 4 members (excludes halogenated alkanes) is 7. The van der Waals surface area contributed by atoms with Gasteiger partial charge in [-0.15, -0.1) is 0 Å². The van der Waals surface area contributed by atoms with Crippen LogP contribution < -0.4 is 10.1 Å². The predicted octanol–water partition coefficient (Wildman–Crippen LogP) is 5.49. The lowest BCUT2D eigenvalue weighted by atomic mass is 10.1. The van der Waals surface area contributed by atoms with E-state index in [0.29, 0.717) is 6.04 Å². The Hall–Kier alpha value is -1.02. The Morgan fingerprint density at radius 3 is 2.05 bits per heavy atom. The van der Waals surface area contributed by atoms with Crippen LogP contribution in [-0.4, -0.2) is 13.7 Å². The van der Waals surface area contributed by atoms with Crippen molar-refractivity contribution >= 4 is 0 Å². The van der Waals surface area contributed by atoms with Crippen molar-refractivity contribution in [2.45, 2.75) is 71.3 Å². The Balaban J connectivity index is 2.03. The van der Waals surface area contributed by atoms with Gasteiger partial charge in [0.2, 0.25) is 0 Å². The standard InChI is InChI=1S/C19H33NO/c1-4-5-6-7-8-9-10-11-16-20-17(2)18-12-14-19(21-3)15-13-18/h12-15,17,20H,4-11,16H2,1-3H3/t17-/m0/s1. The van der Waals surface area contributed by atoms with Gasteiger partial charge in [0.25, 0.3) is 0 Å². The highest BCUT2D eigenvalue weighted by Gasteiger charge is 2.04. The van der Waals surface area contributed by atoms with Crippen molar-refractivity contribution in [3.63, 3.8) is 0 Å². The summed E-state index contributed by atoms with van der Waals surface area (Å²) in [5.41, 5.74) is 1.33. The summed E-state index contributed by atoms with van der Waals surface area (Å²) in [5.74, 6) is 0.925. The molecule has 0 radical (unpaired) electrons. The molecule has 1 N–H and O–H groups in total. The molecule has 0 aliphatic rings. The molecule has 0 saturated heterocycles. The Morgan fingerprint density at radius 1 is 0.905 bits per heavy atom. The van der Waals surface area contributed by atoms with Crippen molar-refractivity contribution in [3.8, 4) is 5.75 Å². The first-order chi connectivity index (χ1) is 10.3. The van der Waals surface area contributed by atoms with Crippen molar-refractivity contribution in [3.05, 3.63) is 29.8 Å². The first-order valence-corrected chi connectivity index (χ1v) is 8.65. The molecular formula is C19H33NO. The van der Waals surface area contributed by atoms with Gasteiger partial charge in [-0.25, -0.2) is 0 Å². The summed E-state index contributed by atoms with van der Waals surface area (Å²) < 4.78 is 5.19. The van der Waals surface area contributed by atoms with Crippen molar-refractivity contribution in [1.82, 2.24) is 5.32 Å². The fourth-order valence-corrected chi connectivity index (χ4v) is 2.59. The van der Waals surface area contributed by atoms with Crippen LogP contribution in [0, 0.1) is 0 Å². The van der Waals surface area contributed by atoms with Crippen molar-refractivity contribution in [1.29, 1.82) is 0 Å². The van der Waals surface area contributed by atoms with E-state index in [1.165, 1.54) is 56.9 Å². The van der Waals surface area contributed by atoms with E-state index < -0.39 is 0 Å². The third kappa shape index (κ3) is 8.11. The number of nitrogens with one attached hydrogen (secondary N) is 1. The zero-order valence-electron chi connectivity index (χ0n) is 14.2. The molecule has 0 aliphatic heterocycles. The van der Waals surface area contributed by atoms with Crippen LogP contribution in [-0.2, 0) is 0 Å². The maximum absolute atomic E-state index is 5.19. The van der Waals surface area contributed by atoms with Crippen LogP contribution in [0.2, 0.25) is 0 Å². The zero-order chi connectivity index (χ0) is 15.3.